The van der Waals surface area contributed by atoms with Gasteiger partial charge in [-0.25, -0.2) is 4.98 Å². The SMILES string of the molecule is CC1CCC(CNc2nccc(C#N)c2N)CC1. The highest BCUT2D eigenvalue weighted by atomic mass is 15.0. The standard InChI is InChI=1S/C14H20N4/c1-10-2-4-11(5-3-10)9-18-14-13(16)12(8-15)6-7-17-14/h6-7,10-11H,2-5,9,16H2,1H3,(H,17,18). The Balaban J connectivity index is 1.93. The van der Waals surface area contributed by atoms with Gasteiger partial charge in [0.05, 0.1) is 11.3 Å². The molecule has 0 aliphatic heterocycles. The molecule has 1 saturated carbocycles. The van der Waals surface area contributed by atoms with E-state index in [-0.39, 0.29) is 0 Å². The molecule has 1 heterocycles. The van der Waals surface area contributed by atoms with E-state index in [0.717, 1.165) is 12.5 Å². The molecule has 0 spiro atoms. The van der Waals surface area contributed by atoms with Crippen LogP contribution in [0.3, 0.4) is 0 Å². The molecule has 0 radical (unpaired) electrons. The molecule has 1 aromatic rings. The van der Waals surface area contributed by atoms with Crippen molar-refractivity contribution in [3.05, 3.63) is 17.8 Å². The molecule has 1 aromatic heterocycles. The van der Waals surface area contributed by atoms with Crippen molar-refractivity contribution in [2.75, 3.05) is 17.6 Å². The van der Waals surface area contributed by atoms with Gasteiger partial charge >= 0.3 is 0 Å². The van der Waals surface area contributed by atoms with Crippen LogP contribution in [0.4, 0.5) is 11.5 Å². The number of nitrogens with one attached hydrogen (secondary N) is 1. The Morgan fingerprint density at radius 3 is 2.83 bits per heavy atom. The third kappa shape index (κ3) is 2.92. The predicted molar refractivity (Wildman–Crippen MR) is 73.0 cm³/mol. The van der Waals surface area contributed by atoms with Gasteiger partial charge in [0.2, 0.25) is 0 Å². The zero-order valence-electron chi connectivity index (χ0n) is 10.8. The summed E-state index contributed by atoms with van der Waals surface area (Å²) in [7, 11) is 0. The van der Waals surface area contributed by atoms with E-state index in [9.17, 15) is 0 Å². The van der Waals surface area contributed by atoms with Gasteiger partial charge in [0.1, 0.15) is 6.07 Å². The van der Waals surface area contributed by atoms with E-state index in [4.69, 9.17) is 11.0 Å². The van der Waals surface area contributed by atoms with Crippen LogP contribution >= 0.6 is 0 Å². The van der Waals surface area contributed by atoms with Crippen LogP contribution in [0.15, 0.2) is 12.3 Å². The summed E-state index contributed by atoms with van der Waals surface area (Å²) in [6, 6.07) is 3.72. The van der Waals surface area contributed by atoms with E-state index in [1.165, 1.54) is 25.7 Å². The zero-order chi connectivity index (χ0) is 13.0. The van der Waals surface area contributed by atoms with Gasteiger partial charge in [-0.2, -0.15) is 5.26 Å². The first-order chi connectivity index (χ1) is 8.70. The molecule has 4 nitrogen and oxygen atoms in total. The minimum atomic E-state index is 0.462. The lowest BCUT2D eigenvalue weighted by Crippen LogP contribution is -2.21. The second kappa shape index (κ2) is 5.72. The number of pyridine rings is 1. The van der Waals surface area contributed by atoms with E-state index in [2.05, 4.69) is 23.3 Å². The van der Waals surface area contributed by atoms with Crippen LogP contribution in [0.2, 0.25) is 0 Å². The van der Waals surface area contributed by atoms with Gasteiger partial charge in [-0.1, -0.05) is 19.8 Å². The number of nitrogens with zero attached hydrogens (tertiary/aromatic N) is 2. The largest absolute Gasteiger partial charge is 0.395 e. The van der Waals surface area contributed by atoms with Crippen molar-refractivity contribution in [3.8, 4) is 6.07 Å². The second-order valence-corrected chi connectivity index (χ2v) is 5.24. The van der Waals surface area contributed by atoms with Gasteiger partial charge in [-0.05, 0) is 30.7 Å². The first-order valence-electron chi connectivity index (χ1n) is 6.59. The molecule has 0 unspecified atom stereocenters. The molecule has 0 bridgehead atoms. The van der Waals surface area contributed by atoms with Crippen molar-refractivity contribution in [3.63, 3.8) is 0 Å². The number of hydrogen-bond donors (Lipinski definition) is 2. The molecule has 0 saturated heterocycles. The summed E-state index contributed by atoms with van der Waals surface area (Å²) in [6.07, 6.45) is 6.79. The minimum absolute atomic E-state index is 0.462. The Morgan fingerprint density at radius 1 is 1.44 bits per heavy atom. The zero-order valence-corrected chi connectivity index (χ0v) is 10.8. The maximum Gasteiger partial charge on any atom is 0.150 e. The average molecular weight is 244 g/mol. The molecule has 2 rings (SSSR count). The molecule has 1 fully saturated rings. The third-order valence-corrected chi connectivity index (χ3v) is 3.80. The van der Waals surface area contributed by atoms with Crippen molar-refractivity contribution in [2.45, 2.75) is 32.6 Å². The highest BCUT2D eigenvalue weighted by Crippen LogP contribution is 2.29. The molecule has 0 aromatic carbocycles. The van der Waals surface area contributed by atoms with E-state index < -0.39 is 0 Å². The molecular weight excluding hydrogens is 224 g/mol. The highest BCUT2D eigenvalue weighted by molar-refractivity contribution is 5.68. The van der Waals surface area contributed by atoms with Gasteiger partial charge in [0.15, 0.2) is 5.82 Å². The normalized spacial score (nSPS) is 23.3. The van der Waals surface area contributed by atoms with Gasteiger partial charge in [0, 0.05) is 12.7 Å². The Morgan fingerprint density at radius 2 is 2.17 bits per heavy atom. The van der Waals surface area contributed by atoms with Crippen LogP contribution in [0.5, 0.6) is 0 Å². The molecule has 0 amide bonds. The molecule has 96 valence electrons. The number of nitriles is 1. The van der Waals surface area contributed by atoms with Crippen LogP contribution in [0.25, 0.3) is 0 Å². The molecule has 1 aliphatic rings. The van der Waals surface area contributed by atoms with Gasteiger partial charge in [0.25, 0.3) is 0 Å². The number of nitrogen functional groups attached to an aromatic ring is 1. The van der Waals surface area contributed by atoms with E-state index >= 15 is 0 Å². The Labute approximate surface area is 108 Å². The Kier molecular flexibility index (Phi) is 4.03. The average Bonchev–Trinajstić information content (AvgIpc) is 2.39. The molecule has 3 N–H and O–H groups in total. The fourth-order valence-electron chi connectivity index (χ4n) is 2.49. The number of anilines is 2. The topological polar surface area (TPSA) is 74.7 Å². The maximum atomic E-state index is 8.90. The predicted octanol–water partition coefficient (Wildman–Crippen LogP) is 2.77. The van der Waals surface area contributed by atoms with Gasteiger partial charge < -0.3 is 11.1 Å². The number of aromatic nitrogens is 1. The molecular formula is C14H20N4. The Bertz CT molecular complexity index is 442. The minimum Gasteiger partial charge on any atom is -0.395 e. The second-order valence-electron chi connectivity index (χ2n) is 5.24. The van der Waals surface area contributed by atoms with Crippen LogP contribution in [-0.4, -0.2) is 11.5 Å². The summed E-state index contributed by atoms with van der Waals surface area (Å²) >= 11 is 0. The van der Waals surface area contributed by atoms with Crippen molar-refractivity contribution >= 4 is 11.5 Å². The van der Waals surface area contributed by atoms with E-state index in [0.29, 0.717) is 23.0 Å². The van der Waals surface area contributed by atoms with Crippen LogP contribution < -0.4 is 11.1 Å². The highest BCUT2D eigenvalue weighted by Gasteiger charge is 2.18. The monoisotopic (exact) mass is 244 g/mol. The van der Waals surface area contributed by atoms with Crippen LogP contribution in [-0.2, 0) is 0 Å². The summed E-state index contributed by atoms with van der Waals surface area (Å²) in [4.78, 5) is 4.20. The summed E-state index contributed by atoms with van der Waals surface area (Å²) in [5, 5.41) is 12.2. The lowest BCUT2D eigenvalue weighted by molar-refractivity contribution is 0.300. The van der Waals surface area contributed by atoms with Crippen LogP contribution in [0.1, 0.15) is 38.2 Å². The van der Waals surface area contributed by atoms with Crippen molar-refractivity contribution in [1.29, 1.82) is 5.26 Å². The Hall–Kier alpha value is -1.76. The summed E-state index contributed by atoms with van der Waals surface area (Å²) in [5.74, 6) is 2.21. The smallest absolute Gasteiger partial charge is 0.150 e. The number of nitrogens with two attached hydrogens (primary N) is 1. The van der Waals surface area contributed by atoms with Crippen molar-refractivity contribution in [2.24, 2.45) is 11.8 Å². The van der Waals surface area contributed by atoms with E-state index in [1.807, 2.05) is 0 Å². The molecule has 0 atom stereocenters. The first-order valence-corrected chi connectivity index (χ1v) is 6.59. The lowest BCUT2D eigenvalue weighted by Gasteiger charge is -2.26. The summed E-state index contributed by atoms with van der Waals surface area (Å²) in [6.45, 7) is 3.22. The quantitative estimate of drug-likeness (QED) is 0.857. The lowest BCUT2D eigenvalue weighted by atomic mass is 9.83. The van der Waals surface area contributed by atoms with Gasteiger partial charge in [-0.3, -0.25) is 0 Å². The third-order valence-electron chi connectivity index (χ3n) is 3.80. The number of rotatable bonds is 3. The number of hydrogen-bond acceptors (Lipinski definition) is 4. The van der Waals surface area contributed by atoms with Crippen LogP contribution in [0, 0.1) is 23.2 Å². The first kappa shape index (κ1) is 12.7. The van der Waals surface area contributed by atoms with Gasteiger partial charge in [-0.15, -0.1) is 0 Å². The van der Waals surface area contributed by atoms with Crippen molar-refractivity contribution < 1.29 is 0 Å². The molecule has 4 heteroatoms. The fraction of sp³-hybridized carbons (Fsp3) is 0.571. The maximum absolute atomic E-state index is 8.90. The summed E-state index contributed by atoms with van der Waals surface area (Å²) < 4.78 is 0. The fourth-order valence-corrected chi connectivity index (χ4v) is 2.49. The molecule has 1 aliphatic carbocycles. The molecule has 18 heavy (non-hydrogen) atoms. The van der Waals surface area contributed by atoms with E-state index in [1.54, 1.807) is 12.3 Å². The van der Waals surface area contributed by atoms with Crippen molar-refractivity contribution in [1.82, 2.24) is 4.98 Å². The summed E-state index contributed by atoms with van der Waals surface area (Å²) in [5.41, 5.74) is 6.84.